The molecule has 2 N–H and O–H groups in total. The Morgan fingerprint density at radius 1 is 1.59 bits per heavy atom. The summed E-state index contributed by atoms with van der Waals surface area (Å²) >= 11 is 9.67. The molecule has 1 atom stereocenters. The standard InChI is InChI=1S/C14H11BrN2O3S2/c15-8-1-2-10-7(3-8)4-9(16-10)5-11-13(20)17(6-12(18)19)14(21)22-11/h1-3,5,9,16H,4,6H2,(H,18,19). The number of rotatable bonds is 3. The van der Waals surface area contributed by atoms with Crippen LogP contribution in [0.15, 0.2) is 33.7 Å². The molecule has 0 aliphatic carbocycles. The zero-order chi connectivity index (χ0) is 15.9. The van der Waals surface area contributed by atoms with E-state index in [0.717, 1.165) is 33.2 Å². The molecular formula is C14H11BrN2O3S2. The van der Waals surface area contributed by atoms with Gasteiger partial charge in [-0.1, -0.05) is 39.9 Å². The summed E-state index contributed by atoms with van der Waals surface area (Å²) in [5.41, 5.74) is 2.22. The molecule has 0 spiro atoms. The number of carboxylic acids is 1. The monoisotopic (exact) mass is 398 g/mol. The van der Waals surface area contributed by atoms with E-state index >= 15 is 0 Å². The quantitative estimate of drug-likeness (QED) is 0.602. The molecule has 2 aliphatic heterocycles. The highest BCUT2D eigenvalue weighted by atomic mass is 79.9. The molecule has 0 saturated carbocycles. The first kappa shape index (κ1) is 15.5. The molecule has 114 valence electrons. The smallest absolute Gasteiger partial charge is 0.323 e. The Bertz CT molecular complexity index is 720. The number of carbonyl (C=O) groups is 2. The van der Waals surface area contributed by atoms with E-state index in [2.05, 4.69) is 21.2 Å². The topological polar surface area (TPSA) is 69.6 Å². The molecule has 1 aromatic carbocycles. The van der Waals surface area contributed by atoms with Gasteiger partial charge in [-0.2, -0.15) is 0 Å². The highest BCUT2D eigenvalue weighted by Crippen LogP contribution is 2.34. The van der Waals surface area contributed by atoms with E-state index in [1.807, 2.05) is 24.3 Å². The number of hydrogen-bond donors (Lipinski definition) is 2. The third kappa shape index (κ3) is 3.04. The number of thiocarbonyl (C=S) groups is 1. The lowest BCUT2D eigenvalue weighted by atomic mass is 10.1. The lowest BCUT2D eigenvalue weighted by Crippen LogP contribution is -2.33. The van der Waals surface area contributed by atoms with Gasteiger partial charge in [0.15, 0.2) is 0 Å². The number of fused-ring (bicyclic) bond motifs is 1. The molecule has 2 heterocycles. The van der Waals surface area contributed by atoms with E-state index in [1.54, 1.807) is 0 Å². The van der Waals surface area contributed by atoms with Crippen LogP contribution in [-0.2, 0) is 16.0 Å². The summed E-state index contributed by atoms with van der Waals surface area (Å²) in [5.74, 6) is -1.41. The zero-order valence-corrected chi connectivity index (χ0v) is 14.4. The van der Waals surface area contributed by atoms with Crippen LogP contribution in [-0.4, -0.2) is 38.8 Å². The van der Waals surface area contributed by atoms with Crippen LogP contribution >= 0.6 is 39.9 Å². The van der Waals surface area contributed by atoms with Crippen molar-refractivity contribution in [3.63, 3.8) is 0 Å². The summed E-state index contributed by atoms with van der Waals surface area (Å²) in [5, 5.41) is 12.2. The number of amides is 1. The highest BCUT2D eigenvalue weighted by Gasteiger charge is 2.34. The maximum Gasteiger partial charge on any atom is 0.323 e. The molecule has 0 bridgehead atoms. The van der Waals surface area contributed by atoms with Gasteiger partial charge in [0, 0.05) is 10.2 Å². The molecule has 2 aliphatic rings. The number of aliphatic carboxylic acids is 1. The summed E-state index contributed by atoms with van der Waals surface area (Å²) in [4.78, 5) is 24.6. The van der Waals surface area contributed by atoms with Crippen molar-refractivity contribution in [2.75, 3.05) is 11.9 Å². The number of benzene rings is 1. The van der Waals surface area contributed by atoms with Crippen LogP contribution < -0.4 is 5.32 Å². The van der Waals surface area contributed by atoms with Crippen LogP contribution in [0.1, 0.15) is 5.56 Å². The second-order valence-corrected chi connectivity index (χ2v) is 7.53. The normalized spacial score (nSPS) is 22.1. The molecule has 0 aromatic heterocycles. The van der Waals surface area contributed by atoms with Crippen LogP contribution in [0, 0.1) is 0 Å². The minimum atomic E-state index is -1.08. The van der Waals surface area contributed by atoms with Gasteiger partial charge in [-0.3, -0.25) is 14.5 Å². The van der Waals surface area contributed by atoms with Crippen molar-refractivity contribution in [3.8, 4) is 0 Å². The van der Waals surface area contributed by atoms with Crippen molar-refractivity contribution in [3.05, 3.63) is 39.2 Å². The summed E-state index contributed by atoms with van der Waals surface area (Å²) in [6, 6.07) is 6.00. The SMILES string of the molecule is O=C(O)CN1C(=O)C(=CC2Cc3cc(Br)ccc3N2)SC1=S. The Hall–Kier alpha value is -1.38. The molecule has 22 heavy (non-hydrogen) atoms. The molecule has 3 rings (SSSR count). The van der Waals surface area contributed by atoms with Crippen LogP contribution in [0.5, 0.6) is 0 Å². The minimum absolute atomic E-state index is 0.00308. The predicted molar refractivity (Wildman–Crippen MR) is 92.9 cm³/mol. The van der Waals surface area contributed by atoms with Crippen LogP contribution in [0.2, 0.25) is 0 Å². The lowest BCUT2D eigenvalue weighted by Gasteiger charge is -2.10. The largest absolute Gasteiger partial charge is 0.480 e. The van der Waals surface area contributed by atoms with E-state index in [0.29, 0.717) is 4.91 Å². The Morgan fingerprint density at radius 3 is 3.09 bits per heavy atom. The second kappa shape index (κ2) is 6.02. The molecule has 0 radical (unpaired) electrons. The second-order valence-electron chi connectivity index (χ2n) is 4.94. The van der Waals surface area contributed by atoms with Gasteiger partial charge in [-0.05, 0) is 36.3 Å². The van der Waals surface area contributed by atoms with E-state index in [9.17, 15) is 9.59 Å². The maximum atomic E-state index is 12.2. The number of halogens is 1. The first-order valence-electron chi connectivity index (χ1n) is 6.46. The van der Waals surface area contributed by atoms with Gasteiger partial charge >= 0.3 is 5.97 Å². The molecular weight excluding hydrogens is 388 g/mol. The number of carbonyl (C=O) groups excluding carboxylic acids is 1. The Kier molecular flexibility index (Phi) is 4.24. The van der Waals surface area contributed by atoms with Crippen LogP contribution in [0.25, 0.3) is 0 Å². The Morgan fingerprint density at radius 2 is 2.36 bits per heavy atom. The van der Waals surface area contributed by atoms with Crippen molar-refractivity contribution >= 4 is 61.8 Å². The van der Waals surface area contributed by atoms with E-state index < -0.39 is 12.5 Å². The van der Waals surface area contributed by atoms with Gasteiger partial charge in [0.25, 0.3) is 5.91 Å². The molecule has 1 saturated heterocycles. The fraction of sp³-hybridized carbons (Fsp3) is 0.214. The third-order valence-corrected chi connectivity index (χ3v) is 5.26. The number of nitrogens with zero attached hydrogens (tertiary/aromatic N) is 1. The number of hydrogen-bond acceptors (Lipinski definition) is 5. The number of nitrogens with one attached hydrogen (secondary N) is 1. The Balaban J connectivity index is 1.76. The molecule has 1 unspecified atom stereocenters. The number of anilines is 1. The first-order chi connectivity index (χ1) is 10.4. The van der Waals surface area contributed by atoms with Gasteiger partial charge in [-0.25, -0.2) is 0 Å². The van der Waals surface area contributed by atoms with Gasteiger partial charge < -0.3 is 10.4 Å². The summed E-state index contributed by atoms with van der Waals surface area (Å²) in [6.45, 7) is -0.396. The molecule has 8 heteroatoms. The Labute approximate surface area is 144 Å². The maximum absolute atomic E-state index is 12.2. The van der Waals surface area contributed by atoms with Crippen molar-refractivity contribution in [1.29, 1.82) is 0 Å². The number of carboxylic acid groups (broad SMARTS) is 1. The van der Waals surface area contributed by atoms with E-state index in [1.165, 1.54) is 5.56 Å². The summed E-state index contributed by atoms with van der Waals surface area (Å²) in [6.07, 6.45) is 2.60. The predicted octanol–water partition coefficient (Wildman–Crippen LogP) is 2.61. The average Bonchev–Trinajstić information content (AvgIpc) is 2.94. The summed E-state index contributed by atoms with van der Waals surface area (Å²) < 4.78 is 1.30. The lowest BCUT2D eigenvalue weighted by molar-refractivity contribution is -0.140. The fourth-order valence-corrected chi connectivity index (χ4v) is 4.13. The van der Waals surface area contributed by atoms with Gasteiger partial charge in [0.05, 0.1) is 10.9 Å². The summed E-state index contributed by atoms with van der Waals surface area (Å²) in [7, 11) is 0. The molecule has 1 aromatic rings. The average molecular weight is 399 g/mol. The van der Waals surface area contributed by atoms with E-state index in [4.69, 9.17) is 17.3 Å². The van der Waals surface area contributed by atoms with Gasteiger partial charge in [0.2, 0.25) is 0 Å². The molecule has 1 amide bonds. The highest BCUT2D eigenvalue weighted by molar-refractivity contribution is 9.10. The number of thioether (sulfide) groups is 1. The van der Waals surface area contributed by atoms with Crippen molar-refractivity contribution in [2.45, 2.75) is 12.5 Å². The van der Waals surface area contributed by atoms with Crippen LogP contribution in [0.3, 0.4) is 0 Å². The minimum Gasteiger partial charge on any atom is -0.480 e. The van der Waals surface area contributed by atoms with Crippen molar-refractivity contribution in [1.82, 2.24) is 4.90 Å². The first-order valence-corrected chi connectivity index (χ1v) is 8.48. The van der Waals surface area contributed by atoms with Crippen molar-refractivity contribution < 1.29 is 14.7 Å². The third-order valence-electron chi connectivity index (χ3n) is 3.37. The van der Waals surface area contributed by atoms with Gasteiger partial charge in [0.1, 0.15) is 10.9 Å². The van der Waals surface area contributed by atoms with Crippen molar-refractivity contribution in [2.24, 2.45) is 0 Å². The van der Waals surface area contributed by atoms with Crippen LogP contribution in [0.4, 0.5) is 5.69 Å². The van der Waals surface area contributed by atoms with E-state index in [-0.39, 0.29) is 16.3 Å². The molecule has 1 fully saturated rings. The fourth-order valence-electron chi connectivity index (χ4n) is 2.43. The zero-order valence-electron chi connectivity index (χ0n) is 11.2. The van der Waals surface area contributed by atoms with Gasteiger partial charge in [-0.15, -0.1) is 0 Å². The molecule has 5 nitrogen and oxygen atoms in total.